The maximum Gasteiger partial charge on any atom is 0.232 e. The van der Waals surface area contributed by atoms with Crippen molar-refractivity contribution in [2.75, 3.05) is 26.2 Å². The van der Waals surface area contributed by atoms with Gasteiger partial charge in [-0.25, -0.2) is 4.39 Å². The fourth-order valence-corrected chi connectivity index (χ4v) is 3.41. The van der Waals surface area contributed by atoms with E-state index in [1.165, 1.54) is 12.1 Å². The minimum absolute atomic E-state index is 0.151. The summed E-state index contributed by atoms with van der Waals surface area (Å²) in [7, 11) is 0. The molecule has 1 aromatic carbocycles. The summed E-state index contributed by atoms with van der Waals surface area (Å²) < 4.78 is 13.0. The molecule has 1 amide bonds. The van der Waals surface area contributed by atoms with Gasteiger partial charge in [0.05, 0.1) is 5.41 Å². The third-order valence-corrected chi connectivity index (χ3v) is 4.78. The van der Waals surface area contributed by atoms with Gasteiger partial charge in [-0.05, 0) is 43.4 Å². The molecule has 0 bridgehead atoms. The summed E-state index contributed by atoms with van der Waals surface area (Å²) in [5, 5.41) is 3.38. The van der Waals surface area contributed by atoms with Crippen LogP contribution in [0.3, 0.4) is 0 Å². The Morgan fingerprint density at radius 3 is 2.30 bits per heavy atom. The van der Waals surface area contributed by atoms with Crippen LogP contribution in [-0.2, 0) is 10.2 Å². The zero-order chi connectivity index (χ0) is 14.3. The van der Waals surface area contributed by atoms with Crippen molar-refractivity contribution in [3.63, 3.8) is 0 Å². The molecular weight excluding hydrogens is 255 g/mol. The van der Waals surface area contributed by atoms with Crippen LogP contribution in [-0.4, -0.2) is 37.0 Å². The van der Waals surface area contributed by atoms with Crippen molar-refractivity contribution in [3.05, 3.63) is 35.6 Å². The van der Waals surface area contributed by atoms with Gasteiger partial charge in [0.1, 0.15) is 5.82 Å². The molecule has 0 unspecified atom stereocenters. The first-order valence-electron chi connectivity index (χ1n) is 7.24. The Labute approximate surface area is 119 Å². The highest BCUT2D eigenvalue weighted by atomic mass is 19.1. The third-order valence-electron chi connectivity index (χ3n) is 4.78. The lowest BCUT2D eigenvalue weighted by atomic mass is 9.83. The molecule has 2 atom stereocenters. The zero-order valence-corrected chi connectivity index (χ0v) is 12.0. The van der Waals surface area contributed by atoms with Crippen LogP contribution in [0.15, 0.2) is 24.3 Å². The number of nitrogens with one attached hydrogen (secondary N) is 1. The minimum atomic E-state index is -0.597. The third kappa shape index (κ3) is 2.22. The van der Waals surface area contributed by atoms with Crippen molar-refractivity contribution in [1.29, 1.82) is 0 Å². The Morgan fingerprint density at radius 2 is 1.75 bits per heavy atom. The number of nitrogens with zero attached hydrogens (tertiary/aromatic N) is 1. The Hall–Kier alpha value is -1.42. The van der Waals surface area contributed by atoms with Crippen LogP contribution in [0.25, 0.3) is 0 Å². The number of carbonyl (C=O) groups is 1. The van der Waals surface area contributed by atoms with Crippen LogP contribution in [0, 0.1) is 17.7 Å². The van der Waals surface area contributed by atoms with Crippen molar-refractivity contribution in [3.8, 4) is 0 Å². The Morgan fingerprint density at radius 1 is 1.20 bits per heavy atom. The van der Waals surface area contributed by atoms with Gasteiger partial charge in [-0.15, -0.1) is 0 Å². The normalized spacial score (nSPS) is 25.9. The number of amides is 1. The first-order valence-corrected chi connectivity index (χ1v) is 7.24. The van der Waals surface area contributed by atoms with Crippen LogP contribution in [0.1, 0.15) is 19.4 Å². The quantitative estimate of drug-likeness (QED) is 0.893. The number of carbonyl (C=O) groups excluding carboxylic acids is 1. The molecule has 4 heteroatoms. The Kier molecular flexibility index (Phi) is 3.28. The molecule has 0 spiro atoms. The molecule has 0 radical (unpaired) electrons. The number of halogens is 1. The van der Waals surface area contributed by atoms with E-state index in [1.807, 2.05) is 18.7 Å². The van der Waals surface area contributed by atoms with Crippen molar-refractivity contribution in [1.82, 2.24) is 10.2 Å². The highest BCUT2D eigenvalue weighted by molar-refractivity contribution is 5.87. The van der Waals surface area contributed by atoms with E-state index in [2.05, 4.69) is 5.32 Å². The van der Waals surface area contributed by atoms with Crippen LogP contribution in [0.2, 0.25) is 0 Å². The van der Waals surface area contributed by atoms with Crippen LogP contribution >= 0.6 is 0 Å². The van der Waals surface area contributed by atoms with E-state index in [1.54, 1.807) is 12.1 Å². The van der Waals surface area contributed by atoms with Crippen molar-refractivity contribution in [2.24, 2.45) is 11.8 Å². The van der Waals surface area contributed by atoms with Crippen molar-refractivity contribution >= 4 is 5.91 Å². The maximum atomic E-state index is 13.0. The number of hydrogen-bond donors (Lipinski definition) is 1. The molecule has 0 aromatic heterocycles. The van der Waals surface area contributed by atoms with Gasteiger partial charge >= 0.3 is 0 Å². The second kappa shape index (κ2) is 4.85. The van der Waals surface area contributed by atoms with Crippen LogP contribution in [0.5, 0.6) is 0 Å². The van der Waals surface area contributed by atoms with Gasteiger partial charge < -0.3 is 10.2 Å². The van der Waals surface area contributed by atoms with Gasteiger partial charge in [0, 0.05) is 26.2 Å². The van der Waals surface area contributed by atoms with Gasteiger partial charge in [0.25, 0.3) is 0 Å². The van der Waals surface area contributed by atoms with Gasteiger partial charge in [-0.3, -0.25) is 4.79 Å². The number of benzene rings is 1. The van der Waals surface area contributed by atoms with Crippen molar-refractivity contribution in [2.45, 2.75) is 19.3 Å². The molecule has 2 heterocycles. The molecule has 3 nitrogen and oxygen atoms in total. The lowest BCUT2D eigenvalue weighted by Crippen LogP contribution is -2.43. The monoisotopic (exact) mass is 276 g/mol. The number of rotatable bonds is 2. The lowest BCUT2D eigenvalue weighted by Gasteiger charge is -2.30. The largest absolute Gasteiger partial charge is 0.341 e. The average molecular weight is 276 g/mol. The van der Waals surface area contributed by atoms with E-state index in [-0.39, 0.29) is 11.7 Å². The van der Waals surface area contributed by atoms with E-state index in [0.717, 1.165) is 31.7 Å². The average Bonchev–Trinajstić information content (AvgIpc) is 2.99. The van der Waals surface area contributed by atoms with E-state index in [9.17, 15) is 9.18 Å². The molecule has 2 saturated heterocycles. The molecule has 20 heavy (non-hydrogen) atoms. The smallest absolute Gasteiger partial charge is 0.232 e. The topological polar surface area (TPSA) is 32.3 Å². The minimum Gasteiger partial charge on any atom is -0.341 e. The predicted octanol–water partition coefficient (Wildman–Crippen LogP) is 1.78. The highest BCUT2D eigenvalue weighted by Gasteiger charge is 2.42. The van der Waals surface area contributed by atoms with E-state index in [0.29, 0.717) is 11.8 Å². The molecule has 0 aliphatic carbocycles. The number of hydrogen-bond acceptors (Lipinski definition) is 2. The standard InChI is InChI=1S/C16H21FN2O/c1-16(2,13-3-5-14(17)6-4-13)15(20)19-9-11-7-18-8-12(11)10-19/h3-6,11-12,18H,7-10H2,1-2H3/t11-,12+. The Bertz CT molecular complexity index is 500. The van der Waals surface area contributed by atoms with E-state index in [4.69, 9.17) is 0 Å². The molecule has 2 aliphatic heterocycles. The maximum absolute atomic E-state index is 13.0. The van der Waals surface area contributed by atoms with Gasteiger partial charge in [-0.2, -0.15) is 0 Å². The fraction of sp³-hybridized carbons (Fsp3) is 0.562. The predicted molar refractivity (Wildman–Crippen MR) is 75.9 cm³/mol. The number of fused-ring (bicyclic) bond motifs is 1. The summed E-state index contributed by atoms with van der Waals surface area (Å²) in [6.07, 6.45) is 0. The molecule has 0 saturated carbocycles. The fourth-order valence-electron chi connectivity index (χ4n) is 3.41. The van der Waals surface area contributed by atoms with Crippen LogP contribution < -0.4 is 5.32 Å². The SMILES string of the molecule is CC(C)(C(=O)N1C[C@H]2CNC[C@H]2C1)c1ccc(F)cc1. The second-order valence-electron chi connectivity index (χ2n) is 6.52. The first kappa shape index (κ1) is 13.6. The Balaban J connectivity index is 1.77. The molecule has 108 valence electrons. The second-order valence-corrected chi connectivity index (χ2v) is 6.52. The molecular formula is C16H21FN2O. The van der Waals surface area contributed by atoms with Gasteiger partial charge in [0.15, 0.2) is 0 Å². The summed E-state index contributed by atoms with van der Waals surface area (Å²) in [6.45, 7) is 7.59. The summed E-state index contributed by atoms with van der Waals surface area (Å²) in [6, 6.07) is 6.28. The first-order chi connectivity index (χ1) is 9.48. The number of likely N-dealkylation sites (tertiary alicyclic amines) is 1. The van der Waals surface area contributed by atoms with Crippen LogP contribution in [0.4, 0.5) is 4.39 Å². The molecule has 1 aromatic rings. The molecule has 1 N–H and O–H groups in total. The molecule has 2 aliphatic rings. The molecule has 3 rings (SSSR count). The summed E-state index contributed by atoms with van der Waals surface area (Å²) in [4.78, 5) is 14.8. The van der Waals surface area contributed by atoms with E-state index >= 15 is 0 Å². The lowest BCUT2D eigenvalue weighted by molar-refractivity contribution is -0.135. The zero-order valence-electron chi connectivity index (χ0n) is 12.0. The molecule has 2 fully saturated rings. The summed E-state index contributed by atoms with van der Waals surface area (Å²) >= 11 is 0. The highest BCUT2D eigenvalue weighted by Crippen LogP contribution is 2.32. The van der Waals surface area contributed by atoms with Gasteiger partial charge in [-0.1, -0.05) is 12.1 Å². The van der Waals surface area contributed by atoms with Gasteiger partial charge in [0.2, 0.25) is 5.91 Å². The summed E-state index contributed by atoms with van der Waals surface area (Å²) in [5.41, 5.74) is 0.277. The van der Waals surface area contributed by atoms with Crippen molar-refractivity contribution < 1.29 is 9.18 Å². The van der Waals surface area contributed by atoms with E-state index < -0.39 is 5.41 Å². The summed E-state index contributed by atoms with van der Waals surface area (Å²) in [5.74, 6) is 1.09.